The van der Waals surface area contributed by atoms with Crippen LogP contribution >= 0.6 is 11.6 Å². The third kappa shape index (κ3) is 6.08. The van der Waals surface area contributed by atoms with E-state index in [-0.39, 0.29) is 11.5 Å². The van der Waals surface area contributed by atoms with Gasteiger partial charge in [-0.2, -0.15) is 0 Å². The number of hydrogen-bond acceptors (Lipinski definition) is 8. The Morgan fingerprint density at radius 1 is 1.09 bits per heavy atom. The molecule has 2 rings (SSSR count). The quantitative estimate of drug-likeness (QED) is 0.326. The summed E-state index contributed by atoms with van der Waals surface area (Å²) >= 11 is 5.99. The van der Waals surface area contributed by atoms with E-state index >= 15 is 0 Å². The molecule has 0 atom stereocenters. The molecular formula is C20H20ClN3O8. The number of carbonyl (C=O) groups excluding carboxylic acids is 3. The number of anilines is 1. The third-order valence-electron chi connectivity index (χ3n) is 4.24. The Balaban J connectivity index is 1.95. The molecule has 2 aromatic carbocycles. The van der Waals surface area contributed by atoms with Crippen molar-refractivity contribution in [3.05, 3.63) is 56.6 Å². The summed E-state index contributed by atoms with van der Waals surface area (Å²) in [7, 11) is 2.58. The number of amides is 2. The number of hydrogen-bond donors (Lipinski definition) is 2. The summed E-state index contributed by atoms with van der Waals surface area (Å²) in [5.41, 5.74) is 0.155. The number of ether oxygens (including phenoxy) is 3. The summed E-state index contributed by atoms with van der Waals surface area (Å²) in [6, 6.07) is 7.08. The minimum Gasteiger partial charge on any atom is -0.493 e. The predicted octanol–water partition coefficient (Wildman–Crippen LogP) is 2.49. The summed E-state index contributed by atoms with van der Waals surface area (Å²) < 4.78 is 14.8. The van der Waals surface area contributed by atoms with Gasteiger partial charge in [-0.15, -0.1) is 0 Å². The van der Waals surface area contributed by atoms with Crippen LogP contribution < -0.4 is 20.1 Å². The van der Waals surface area contributed by atoms with Gasteiger partial charge in [0.2, 0.25) is 5.91 Å². The van der Waals surface area contributed by atoms with Gasteiger partial charge in [-0.3, -0.25) is 19.7 Å². The predicted molar refractivity (Wildman–Crippen MR) is 114 cm³/mol. The van der Waals surface area contributed by atoms with Gasteiger partial charge >= 0.3 is 5.97 Å². The van der Waals surface area contributed by atoms with Crippen LogP contribution in [0.4, 0.5) is 11.4 Å². The standard InChI is InChI=1S/C20H20ClN3O8/c1-11-13(21)5-4-6-14(11)23-18(25)9-22-19(26)10-32-20(27)12-7-16(30-2)17(31-3)8-15(12)24(28)29/h4-8H,9-10H2,1-3H3,(H,22,26)(H,23,25). The second kappa shape index (κ2) is 11.0. The lowest BCUT2D eigenvalue weighted by Gasteiger charge is -2.11. The first-order valence-electron chi connectivity index (χ1n) is 9.07. The third-order valence-corrected chi connectivity index (χ3v) is 4.65. The Hall–Kier alpha value is -3.86. The van der Waals surface area contributed by atoms with Crippen LogP contribution in [0.3, 0.4) is 0 Å². The van der Waals surface area contributed by atoms with Gasteiger partial charge in [0.25, 0.3) is 11.6 Å². The smallest absolute Gasteiger partial charge is 0.345 e. The van der Waals surface area contributed by atoms with Gasteiger partial charge in [0.15, 0.2) is 18.1 Å². The molecule has 0 aliphatic heterocycles. The number of methoxy groups -OCH3 is 2. The van der Waals surface area contributed by atoms with Gasteiger partial charge < -0.3 is 24.8 Å². The maximum Gasteiger partial charge on any atom is 0.345 e. The minimum atomic E-state index is -1.12. The highest BCUT2D eigenvalue weighted by molar-refractivity contribution is 6.31. The molecule has 2 aromatic rings. The van der Waals surface area contributed by atoms with E-state index in [2.05, 4.69) is 10.6 Å². The van der Waals surface area contributed by atoms with E-state index in [1.807, 2.05) is 0 Å². The molecule has 0 saturated carbocycles. The van der Waals surface area contributed by atoms with Crippen molar-refractivity contribution in [3.8, 4) is 11.5 Å². The number of benzene rings is 2. The minimum absolute atomic E-state index is 0.0504. The first-order chi connectivity index (χ1) is 15.2. The number of nitro benzene ring substituents is 1. The van der Waals surface area contributed by atoms with Crippen molar-refractivity contribution in [3.63, 3.8) is 0 Å². The average molecular weight is 466 g/mol. The molecule has 0 aliphatic carbocycles. The maximum absolute atomic E-state index is 12.3. The zero-order chi connectivity index (χ0) is 23.8. The van der Waals surface area contributed by atoms with Gasteiger partial charge in [0.05, 0.1) is 31.8 Å². The maximum atomic E-state index is 12.3. The molecule has 0 aliphatic rings. The van der Waals surface area contributed by atoms with Crippen molar-refractivity contribution >= 4 is 40.8 Å². The Labute approximate surface area is 187 Å². The Bertz CT molecular complexity index is 1060. The molecule has 0 bridgehead atoms. The highest BCUT2D eigenvalue weighted by Crippen LogP contribution is 2.34. The molecule has 12 heteroatoms. The van der Waals surface area contributed by atoms with Crippen LogP contribution in [0.5, 0.6) is 11.5 Å². The van der Waals surface area contributed by atoms with E-state index in [0.717, 1.165) is 12.1 Å². The summed E-state index contributed by atoms with van der Waals surface area (Å²) in [6.45, 7) is 0.579. The highest BCUT2D eigenvalue weighted by Gasteiger charge is 2.26. The number of halogens is 1. The molecule has 170 valence electrons. The lowest BCUT2D eigenvalue weighted by Crippen LogP contribution is -2.35. The Morgan fingerprint density at radius 3 is 2.38 bits per heavy atom. The van der Waals surface area contributed by atoms with Crippen LogP contribution in [-0.4, -0.2) is 50.1 Å². The first kappa shape index (κ1) is 24.4. The van der Waals surface area contributed by atoms with Crippen LogP contribution in [0, 0.1) is 17.0 Å². The van der Waals surface area contributed by atoms with E-state index in [1.54, 1.807) is 25.1 Å². The molecule has 0 fully saturated rings. The summed E-state index contributed by atoms with van der Waals surface area (Å²) in [6.07, 6.45) is 0. The van der Waals surface area contributed by atoms with Crippen molar-refractivity contribution < 1.29 is 33.5 Å². The molecule has 32 heavy (non-hydrogen) atoms. The molecule has 0 heterocycles. The zero-order valence-electron chi connectivity index (χ0n) is 17.4. The Morgan fingerprint density at radius 2 is 1.75 bits per heavy atom. The first-order valence-corrected chi connectivity index (χ1v) is 9.44. The molecule has 0 aromatic heterocycles. The largest absolute Gasteiger partial charge is 0.493 e. The monoisotopic (exact) mass is 465 g/mol. The van der Waals surface area contributed by atoms with Gasteiger partial charge in [-0.25, -0.2) is 4.79 Å². The van der Waals surface area contributed by atoms with Crippen LogP contribution in [0.15, 0.2) is 30.3 Å². The van der Waals surface area contributed by atoms with Crippen LogP contribution in [-0.2, 0) is 14.3 Å². The van der Waals surface area contributed by atoms with Crippen molar-refractivity contribution in [2.24, 2.45) is 0 Å². The summed E-state index contributed by atoms with van der Waals surface area (Å²) in [5, 5.41) is 16.6. The van der Waals surface area contributed by atoms with E-state index in [1.165, 1.54) is 14.2 Å². The fourth-order valence-electron chi connectivity index (χ4n) is 2.56. The van der Waals surface area contributed by atoms with Crippen LogP contribution in [0.1, 0.15) is 15.9 Å². The normalized spacial score (nSPS) is 10.1. The molecule has 0 spiro atoms. The highest BCUT2D eigenvalue weighted by atomic mass is 35.5. The second-order valence-electron chi connectivity index (χ2n) is 6.29. The van der Waals surface area contributed by atoms with E-state index in [0.29, 0.717) is 16.3 Å². The van der Waals surface area contributed by atoms with Gasteiger partial charge in [-0.05, 0) is 24.6 Å². The molecule has 0 unspecified atom stereocenters. The SMILES string of the molecule is COc1cc(C(=O)OCC(=O)NCC(=O)Nc2cccc(Cl)c2C)c([N+](=O)[O-])cc1OC. The van der Waals surface area contributed by atoms with E-state index in [9.17, 15) is 24.5 Å². The van der Waals surface area contributed by atoms with E-state index < -0.39 is 47.1 Å². The fraction of sp³-hybridized carbons (Fsp3) is 0.250. The second-order valence-corrected chi connectivity index (χ2v) is 6.70. The molecule has 0 radical (unpaired) electrons. The molecule has 0 saturated heterocycles. The molecule has 2 amide bonds. The van der Waals surface area contributed by atoms with Gasteiger partial charge in [0.1, 0.15) is 5.56 Å². The number of rotatable bonds is 9. The summed E-state index contributed by atoms with van der Waals surface area (Å²) in [4.78, 5) is 46.7. The van der Waals surface area contributed by atoms with Crippen molar-refractivity contribution in [2.45, 2.75) is 6.92 Å². The topological polar surface area (TPSA) is 146 Å². The zero-order valence-corrected chi connectivity index (χ0v) is 18.1. The van der Waals surface area contributed by atoms with Crippen LogP contribution in [0.25, 0.3) is 0 Å². The fourth-order valence-corrected chi connectivity index (χ4v) is 2.73. The lowest BCUT2D eigenvalue weighted by atomic mass is 10.1. The van der Waals surface area contributed by atoms with Crippen molar-refractivity contribution in [2.75, 3.05) is 32.7 Å². The molecule has 2 N–H and O–H groups in total. The molecular weight excluding hydrogens is 446 g/mol. The number of nitro groups is 1. The number of nitrogens with one attached hydrogen (secondary N) is 2. The average Bonchev–Trinajstić information content (AvgIpc) is 2.77. The lowest BCUT2D eigenvalue weighted by molar-refractivity contribution is -0.385. The van der Waals surface area contributed by atoms with Gasteiger partial charge in [-0.1, -0.05) is 17.7 Å². The number of carbonyl (C=O) groups is 3. The van der Waals surface area contributed by atoms with Crippen molar-refractivity contribution in [1.82, 2.24) is 5.32 Å². The Kier molecular flexibility index (Phi) is 8.36. The number of esters is 1. The number of nitrogens with zero attached hydrogens (tertiary/aromatic N) is 1. The van der Waals surface area contributed by atoms with Crippen LogP contribution in [0.2, 0.25) is 5.02 Å². The molecule has 11 nitrogen and oxygen atoms in total. The van der Waals surface area contributed by atoms with E-state index in [4.69, 9.17) is 25.8 Å². The summed E-state index contributed by atoms with van der Waals surface area (Å²) in [5.74, 6) is -2.30. The van der Waals surface area contributed by atoms with Crippen molar-refractivity contribution in [1.29, 1.82) is 0 Å². The van der Waals surface area contributed by atoms with Gasteiger partial charge in [0, 0.05) is 16.8 Å².